The molecule has 1 aromatic carbocycles. The van der Waals surface area contributed by atoms with Crippen LogP contribution in [0.5, 0.6) is 0 Å². The molecular formula is C18H15ClN2O4S. The minimum atomic E-state index is -0.526. The number of anilines is 2. The normalized spacial score (nSPS) is 10.4. The number of ether oxygens (including phenoxy) is 1. The van der Waals surface area contributed by atoms with E-state index in [-0.39, 0.29) is 12.2 Å². The second-order valence-electron chi connectivity index (χ2n) is 5.14. The highest BCUT2D eigenvalue weighted by molar-refractivity contribution is 7.15. The van der Waals surface area contributed by atoms with Crippen molar-refractivity contribution in [3.05, 3.63) is 58.6 Å². The second kappa shape index (κ2) is 8.07. The number of carbonyl (C=O) groups excluding carboxylic acids is 2. The van der Waals surface area contributed by atoms with Gasteiger partial charge in [0.05, 0.1) is 12.9 Å². The summed E-state index contributed by atoms with van der Waals surface area (Å²) in [4.78, 5) is 24.6. The van der Waals surface area contributed by atoms with Gasteiger partial charge in [-0.3, -0.25) is 5.32 Å². The number of hydrogen-bond acceptors (Lipinski definition) is 5. The molecule has 0 fully saturated rings. The monoisotopic (exact) mass is 390 g/mol. The zero-order valence-corrected chi connectivity index (χ0v) is 15.3. The summed E-state index contributed by atoms with van der Waals surface area (Å²) in [6.45, 7) is 1.94. The van der Waals surface area contributed by atoms with Crippen molar-refractivity contribution in [2.45, 2.75) is 6.92 Å². The smallest absolute Gasteiger partial charge is 0.341 e. The number of hydrogen-bond donors (Lipinski definition) is 2. The van der Waals surface area contributed by atoms with Crippen LogP contribution in [-0.2, 0) is 4.74 Å². The number of halogens is 1. The summed E-state index contributed by atoms with van der Waals surface area (Å²) in [6, 6.07) is 9.67. The molecule has 0 aliphatic heterocycles. The van der Waals surface area contributed by atoms with Gasteiger partial charge < -0.3 is 14.5 Å². The van der Waals surface area contributed by atoms with Gasteiger partial charge in [0.15, 0.2) is 0 Å². The third kappa shape index (κ3) is 4.07. The lowest BCUT2D eigenvalue weighted by atomic mass is 10.1. The van der Waals surface area contributed by atoms with Gasteiger partial charge in [0, 0.05) is 21.7 Å². The summed E-state index contributed by atoms with van der Waals surface area (Å²) in [7, 11) is 0. The van der Waals surface area contributed by atoms with Crippen molar-refractivity contribution >= 4 is 45.6 Å². The van der Waals surface area contributed by atoms with Crippen LogP contribution >= 0.6 is 22.9 Å². The summed E-state index contributed by atoms with van der Waals surface area (Å²) < 4.78 is 10.5. The number of furan rings is 1. The molecule has 2 aromatic heterocycles. The molecule has 2 amide bonds. The average Bonchev–Trinajstić information content (AvgIpc) is 3.26. The van der Waals surface area contributed by atoms with Crippen LogP contribution in [0.3, 0.4) is 0 Å². The van der Waals surface area contributed by atoms with Gasteiger partial charge in [0.2, 0.25) is 0 Å². The van der Waals surface area contributed by atoms with Gasteiger partial charge in [-0.2, -0.15) is 0 Å². The van der Waals surface area contributed by atoms with E-state index in [0.29, 0.717) is 27.0 Å². The van der Waals surface area contributed by atoms with Gasteiger partial charge in [-0.05, 0) is 43.3 Å². The Labute approximate surface area is 158 Å². The van der Waals surface area contributed by atoms with E-state index in [1.54, 1.807) is 48.7 Å². The number of esters is 1. The quantitative estimate of drug-likeness (QED) is 0.565. The van der Waals surface area contributed by atoms with E-state index in [1.165, 1.54) is 17.6 Å². The van der Waals surface area contributed by atoms with Crippen molar-refractivity contribution < 1.29 is 18.7 Å². The van der Waals surface area contributed by atoms with Crippen LogP contribution in [0.4, 0.5) is 15.5 Å². The molecular weight excluding hydrogens is 376 g/mol. The van der Waals surface area contributed by atoms with Crippen LogP contribution in [-0.4, -0.2) is 18.6 Å². The maximum atomic E-state index is 12.4. The van der Waals surface area contributed by atoms with E-state index in [0.717, 1.165) is 0 Å². The van der Waals surface area contributed by atoms with Crippen molar-refractivity contribution in [3.8, 4) is 11.3 Å². The molecule has 0 aliphatic rings. The molecule has 3 aromatic rings. The lowest BCUT2D eigenvalue weighted by Gasteiger charge is -2.09. The number of rotatable bonds is 5. The molecule has 2 heterocycles. The first kappa shape index (κ1) is 18.0. The number of benzene rings is 1. The SMILES string of the molecule is CCOC(=O)c1c(-c2ccco2)csc1NC(=O)Nc1ccc(Cl)cc1. The van der Waals surface area contributed by atoms with E-state index < -0.39 is 12.0 Å². The summed E-state index contributed by atoms with van der Waals surface area (Å²) in [5, 5.41) is 8.06. The van der Waals surface area contributed by atoms with Crippen molar-refractivity contribution in [1.29, 1.82) is 0 Å². The van der Waals surface area contributed by atoms with E-state index >= 15 is 0 Å². The van der Waals surface area contributed by atoms with Gasteiger partial charge in [0.1, 0.15) is 16.3 Å². The molecule has 134 valence electrons. The number of nitrogens with one attached hydrogen (secondary N) is 2. The lowest BCUT2D eigenvalue weighted by molar-refractivity contribution is 0.0529. The molecule has 0 saturated carbocycles. The zero-order valence-electron chi connectivity index (χ0n) is 13.7. The fourth-order valence-electron chi connectivity index (χ4n) is 2.27. The van der Waals surface area contributed by atoms with Gasteiger partial charge in [0.25, 0.3) is 0 Å². The molecule has 2 N–H and O–H groups in total. The minimum Gasteiger partial charge on any atom is -0.464 e. The highest BCUT2D eigenvalue weighted by atomic mass is 35.5. The largest absolute Gasteiger partial charge is 0.464 e. The predicted molar refractivity (Wildman–Crippen MR) is 102 cm³/mol. The third-order valence-corrected chi connectivity index (χ3v) is 4.53. The van der Waals surface area contributed by atoms with E-state index in [2.05, 4.69) is 10.6 Å². The zero-order chi connectivity index (χ0) is 18.5. The predicted octanol–water partition coefficient (Wildman–Crippen LogP) is 5.48. The van der Waals surface area contributed by atoms with Crippen LogP contribution in [0.15, 0.2) is 52.5 Å². The molecule has 0 aliphatic carbocycles. The molecule has 0 radical (unpaired) electrons. The molecule has 26 heavy (non-hydrogen) atoms. The van der Waals surface area contributed by atoms with Gasteiger partial charge >= 0.3 is 12.0 Å². The Morgan fingerprint density at radius 3 is 2.62 bits per heavy atom. The molecule has 8 heteroatoms. The number of carbonyl (C=O) groups is 2. The van der Waals surface area contributed by atoms with E-state index in [4.69, 9.17) is 20.8 Å². The Kier molecular flexibility index (Phi) is 5.60. The van der Waals surface area contributed by atoms with E-state index in [9.17, 15) is 9.59 Å². The molecule has 6 nitrogen and oxygen atoms in total. The van der Waals surface area contributed by atoms with Crippen LogP contribution < -0.4 is 10.6 Å². The van der Waals surface area contributed by atoms with Gasteiger partial charge in [-0.25, -0.2) is 9.59 Å². The standard InChI is InChI=1S/C18H15ClN2O4S/c1-2-24-17(22)15-13(14-4-3-9-25-14)10-26-16(15)21-18(23)20-12-7-5-11(19)6-8-12/h3-10H,2H2,1H3,(H2,20,21,23). The number of urea groups is 1. The summed E-state index contributed by atoms with van der Waals surface area (Å²) in [5.41, 5.74) is 1.41. The summed E-state index contributed by atoms with van der Waals surface area (Å²) in [6.07, 6.45) is 1.52. The fourth-order valence-corrected chi connectivity index (χ4v) is 3.33. The van der Waals surface area contributed by atoms with Crippen molar-refractivity contribution in [2.75, 3.05) is 17.2 Å². The summed E-state index contributed by atoms with van der Waals surface area (Å²) in [5.74, 6) is -0.00240. The highest BCUT2D eigenvalue weighted by Crippen LogP contribution is 2.36. The molecule has 0 unspecified atom stereocenters. The first-order valence-corrected chi connectivity index (χ1v) is 9.00. The Morgan fingerprint density at radius 2 is 1.96 bits per heavy atom. The third-order valence-electron chi connectivity index (χ3n) is 3.39. The van der Waals surface area contributed by atoms with Gasteiger partial charge in [-0.15, -0.1) is 11.3 Å². The van der Waals surface area contributed by atoms with E-state index in [1.807, 2.05) is 0 Å². The molecule has 0 atom stereocenters. The van der Waals surface area contributed by atoms with Gasteiger partial charge in [-0.1, -0.05) is 11.6 Å². The Balaban J connectivity index is 1.83. The van der Waals surface area contributed by atoms with Crippen LogP contribution in [0.2, 0.25) is 5.02 Å². The number of amides is 2. The van der Waals surface area contributed by atoms with Crippen molar-refractivity contribution in [2.24, 2.45) is 0 Å². The molecule has 3 rings (SSSR count). The highest BCUT2D eigenvalue weighted by Gasteiger charge is 2.24. The minimum absolute atomic E-state index is 0.225. The first-order valence-electron chi connectivity index (χ1n) is 7.74. The summed E-state index contributed by atoms with van der Waals surface area (Å²) >= 11 is 7.04. The lowest BCUT2D eigenvalue weighted by Crippen LogP contribution is -2.20. The van der Waals surface area contributed by atoms with Crippen LogP contribution in [0.25, 0.3) is 11.3 Å². The Morgan fingerprint density at radius 1 is 1.19 bits per heavy atom. The molecule has 0 bridgehead atoms. The maximum Gasteiger partial charge on any atom is 0.341 e. The average molecular weight is 391 g/mol. The number of thiophene rings is 1. The first-order chi connectivity index (χ1) is 12.6. The Hall–Kier alpha value is -2.77. The molecule has 0 saturated heterocycles. The van der Waals surface area contributed by atoms with Crippen molar-refractivity contribution in [3.63, 3.8) is 0 Å². The molecule has 0 spiro atoms. The maximum absolute atomic E-state index is 12.4. The topological polar surface area (TPSA) is 80.6 Å². The van der Waals surface area contributed by atoms with Crippen LogP contribution in [0.1, 0.15) is 17.3 Å². The van der Waals surface area contributed by atoms with Crippen molar-refractivity contribution in [1.82, 2.24) is 0 Å². The fraction of sp³-hybridized carbons (Fsp3) is 0.111. The Bertz CT molecular complexity index is 904. The second-order valence-corrected chi connectivity index (χ2v) is 6.45. The van der Waals surface area contributed by atoms with Crippen LogP contribution in [0, 0.1) is 0 Å².